The van der Waals surface area contributed by atoms with Crippen LogP contribution < -0.4 is 10.1 Å². The Labute approximate surface area is 121 Å². The zero-order chi connectivity index (χ0) is 14.4. The molecule has 0 unspecified atom stereocenters. The van der Waals surface area contributed by atoms with Gasteiger partial charge in [-0.3, -0.25) is 9.69 Å². The zero-order valence-electron chi connectivity index (χ0n) is 12.4. The van der Waals surface area contributed by atoms with Crippen molar-refractivity contribution >= 4 is 5.78 Å². The van der Waals surface area contributed by atoms with Gasteiger partial charge in [0.05, 0.1) is 0 Å². The number of carbonyl (C=O) groups is 1. The van der Waals surface area contributed by atoms with E-state index in [1.54, 1.807) is 0 Å². The predicted molar refractivity (Wildman–Crippen MR) is 80.5 cm³/mol. The SMILES string of the molecule is CCC(=O)c1ccc(OCCN2CCN[C@@H](C)C2)cc1. The number of rotatable bonds is 6. The van der Waals surface area contributed by atoms with Crippen LogP contribution in [0.25, 0.3) is 0 Å². The molecule has 1 saturated heterocycles. The first kappa shape index (κ1) is 15.0. The zero-order valence-corrected chi connectivity index (χ0v) is 12.4. The summed E-state index contributed by atoms with van der Waals surface area (Å²) in [7, 11) is 0. The van der Waals surface area contributed by atoms with E-state index in [9.17, 15) is 4.79 Å². The minimum Gasteiger partial charge on any atom is -0.492 e. The van der Waals surface area contributed by atoms with E-state index in [-0.39, 0.29) is 5.78 Å². The lowest BCUT2D eigenvalue weighted by molar-refractivity contribution is 0.0988. The number of nitrogens with zero attached hydrogens (tertiary/aromatic N) is 1. The largest absolute Gasteiger partial charge is 0.492 e. The van der Waals surface area contributed by atoms with Crippen LogP contribution in [0.2, 0.25) is 0 Å². The molecule has 0 spiro atoms. The van der Waals surface area contributed by atoms with E-state index >= 15 is 0 Å². The van der Waals surface area contributed by atoms with Gasteiger partial charge in [0.2, 0.25) is 0 Å². The van der Waals surface area contributed by atoms with Crippen LogP contribution in [0.3, 0.4) is 0 Å². The van der Waals surface area contributed by atoms with Crippen molar-refractivity contribution in [3.05, 3.63) is 29.8 Å². The summed E-state index contributed by atoms with van der Waals surface area (Å²) in [6.07, 6.45) is 0.543. The van der Waals surface area contributed by atoms with Gasteiger partial charge < -0.3 is 10.1 Å². The molecular weight excluding hydrogens is 252 g/mol. The van der Waals surface area contributed by atoms with E-state index in [0.717, 1.165) is 37.5 Å². The molecule has 1 aliphatic heterocycles. The second kappa shape index (κ2) is 7.41. The van der Waals surface area contributed by atoms with Gasteiger partial charge in [0.1, 0.15) is 12.4 Å². The maximum atomic E-state index is 11.5. The smallest absolute Gasteiger partial charge is 0.162 e. The maximum absolute atomic E-state index is 11.5. The third-order valence-corrected chi connectivity index (χ3v) is 3.63. The first-order valence-electron chi connectivity index (χ1n) is 7.41. The molecule has 4 heteroatoms. The quantitative estimate of drug-likeness (QED) is 0.806. The highest BCUT2D eigenvalue weighted by Gasteiger charge is 2.14. The average molecular weight is 276 g/mol. The fourth-order valence-corrected chi connectivity index (χ4v) is 2.45. The number of Topliss-reactive ketones (excluding diaryl/α,β-unsaturated/α-hetero) is 1. The standard InChI is InChI=1S/C16H24N2O2/c1-3-16(19)14-4-6-15(7-5-14)20-11-10-18-9-8-17-13(2)12-18/h4-7,13,17H,3,8-12H2,1-2H3/t13-/m0/s1. The summed E-state index contributed by atoms with van der Waals surface area (Å²) < 4.78 is 5.74. The summed E-state index contributed by atoms with van der Waals surface area (Å²) in [5, 5.41) is 3.43. The number of hydrogen-bond acceptors (Lipinski definition) is 4. The average Bonchev–Trinajstić information content (AvgIpc) is 2.47. The molecular formula is C16H24N2O2. The van der Waals surface area contributed by atoms with E-state index in [2.05, 4.69) is 17.1 Å². The molecule has 0 aromatic heterocycles. The molecule has 1 aromatic rings. The van der Waals surface area contributed by atoms with Crippen LogP contribution in [0, 0.1) is 0 Å². The number of hydrogen-bond donors (Lipinski definition) is 1. The lowest BCUT2D eigenvalue weighted by atomic mass is 10.1. The number of ketones is 1. The van der Waals surface area contributed by atoms with Crippen molar-refractivity contribution in [2.24, 2.45) is 0 Å². The summed E-state index contributed by atoms with van der Waals surface area (Å²) in [5.74, 6) is 1.01. The molecule has 0 aliphatic carbocycles. The summed E-state index contributed by atoms with van der Waals surface area (Å²) >= 11 is 0. The van der Waals surface area contributed by atoms with Crippen LogP contribution in [0.15, 0.2) is 24.3 Å². The maximum Gasteiger partial charge on any atom is 0.162 e. The molecule has 110 valence electrons. The van der Waals surface area contributed by atoms with Crippen LogP contribution in [-0.4, -0.2) is 49.5 Å². The van der Waals surface area contributed by atoms with Crippen molar-refractivity contribution in [3.8, 4) is 5.75 Å². The Balaban J connectivity index is 1.75. The number of piperazine rings is 1. The first-order valence-corrected chi connectivity index (χ1v) is 7.41. The molecule has 2 rings (SSSR count). The topological polar surface area (TPSA) is 41.6 Å². The third kappa shape index (κ3) is 4.32. The normalized spacial score (nSPS) is 19.8. The van der Waals surface area contributed by atoms with Crippen molar-refractivity contribution in [1.82, 2.24) is 10.2 Å². The Morgan fingerprint density at radius 3 is 2.80 bits per heavy atom. The fraction of sp³-hybridized carbons (Fsp3) is 0.562. The Morgan fingerprint density at radius 2 is 2.15 bits per heavy atom. The van der Waals surface area contributed by atoms with E-state index in [1.165, 1.54) is 0 Å². The van der Waals surface area contributed by atoms with Crippen molar-refractivity contribution in [2.45, 2.75) is 26.3 Å². The molecule has 1 fully saturated rings. The van der Waals surface area contributed by atoms with E-state index in [4.69, 9.17) is 4.74 Å². The highest BCUT2D eigenvalue weighted by atomic mass is 16.5. The Bertz CT molecular complexity index is 431. The summed E-state index contributed by atoms with van der Waals surface area (Å²) in [6, 6.07) is 8.00. The highest BCUT2D eigenvalue weighted by Crippen LogP contribution is 2.13. The predicted octanol–water partition coefficient (Wildman–Crippen LogP) is 1.95. The van der Waals surface area contributed by atoms with Crippen molar-refractivity contribution in [1.29, 1.82) is 0 Å². The van der Waals surface area contributed by atoms with Crippen LogP contribution in [0.4, 0.5) is 0 Å². The minimum absolute atomic E-state index is 0.173. The van der Waals surface area contributed by atoms with E-state index in [0.29, 0.717) is 19.1 Å². The monoisotopic (exact) mass is 276 g/mol. The van der Waals surface area contributed by atoms with Gasteiger partial charge in [-0.15, -0.1) is 0 Å². The van der Waals surface area contributed by atoms with Crippen LogP contribution in [-0.2, 0) is 0 Å². The van der Waals surface area contributed by atoms with Crippen molar-refractivity contribution < 1.29 is 9.53 Å². The summed E-state index contributed by atoms with van der Waals surface area (Å²) in [5.41, 5.74) is 0.760. The van der Waals surface area contributed by atoms with Gasteiger partial charge >= 0.3 is 0 Å². The van der Waals surface area contributed by atoms with E-state index in [1.807, 2.05) is 31.2 Å². The number of ether oxygens (including phenoxy) is 1. The van der Waals surface area contributed by atoms with Crippen LogP contribution in [0.1, 0.15) is 30.6 Å². The molecule has 1 atom stereocenters. The fourth-order valence-electron chi connectivity index (χ4n) is 2.45. The van der Waals surface area contributed by atoms with Gasteiger partial charge in [-0.2, -0.15) is 0 Å². The molecule has 1 N–H and O–H groups in total. The molecule has 0 amide bonds. The molecule has 1 aromatic carbocycles. The Hall–Kier alpha value is -1.39. The first-order chi connectivity index (χ1) is 9.69. The molecule has 0 bridgehead atoms. The Morgan fingerprint density at radius 1 is 1.40 bits per heavy atom. The Kier molecular flexibility index (Phi) is 5.56. The van der Waals surface area contributed by atoms with E-state index < -0.39 is 0 Å². The van der Waals surface area contributed by atoms with Crippen molar-refractivity contribution in [3.63, 3.8) is 0 Å². The van der Waals surface area contributed by atoms with Crippen molar-refractivity contribution in [2.75, 3.05) is 32.8 Å². The second-order valence-electron chi connectivity index (χ2n) is 5.31. The molecule has 0 radical (unpaired) electrons. The summed E-state index contributed by atoms with van der Waals surface area (Å²) in [6.45, 7) is 8.92. The second-order valence-corrected chi connectivity index (χ2v) is 5.31. The molecule has 4 nitrogen and oxygen atoms in total. The highest BCUT2D eigenvalue weighted by molar-refractivity contribution is 5.95. The van der Waals surface area contributed by atoms with Crippen LogP contribution >= 0.6 is 0 Å². The van der Waals surface area contributed by atoms with Gasteiger partial charge in [0, 0.05) is 44.2 Å². The molecule has 1 heterocycles. The van der Waals surface area contributed by atoms with Crippen LogP contribution in [0.5, 0.6) is 5.75 Å². The van der Waals surface area contributed by atoms with Gasteiger partial charge in [0.25, 0.3) is 0 Å². The van der Waals surface area contributed by atoms with Gasteiger partial charge in [0.15, 0.2) is 5.78 Å². The number of benzene rings is 1. The lowest BCUT2D eigenvalue weighted by Gasteiger charge is -2.31. The number of nitrogens with one attached hydrogen (secondary N) is 1. The third-order valence-electron chi connectivity index (χ3n) is 3.63. The number of carbonyl (C=O) groups excluding carboxylic acids is 1. The molecule has 0 saturated carbocycles. The minimum atomic E-state index is 0.173. The molecule has 20 heavy (non-hydrogen) atoms. The molecule has 1 aliphatic rings. The van der Waals surface area contributed by atoms with Gasteiger partial charge in [-0.25, -0.2) is 0 Å². The summed E-state index contributed by atoms with van der Waals surface area (Å²) in [4.78, 5) is 13.9. The van der Waals surface area contributed by atoms with Gasteiger partial charge in [-0.05, 0) is 31.2 Å². The van der Waals surface area contributed by atoms with Gasteiger partial charge in [-0.1, -0.05) is 6.92 Å². The lowest BCUT2D eigenvalue weighted by Crippen LogP contribution is -2.50.